The summed E-state index contributed by atoms with van der Waals surface area (Å²) < 4.78 is 5.17. The van der Waals surface area contributed by atoms with Crippen LogP contribution in [0.15, 0.2) is 18.2 Å². The van der Waals surface area contributed by atoms with Crippen molar-refractivity contribution in [3.8, 4) is 11.8 Å². The molecular formula is C11H13ClN2O. The number of rotatable bonds is 5. The van der Waals surface area contributed by atoms with E-state index in [9.17, 15) is 0 Å². The van der Waals surface area contributed by atoms with Crippen molar-refractivity contribution in [1.82, 2.24) is 0 Å². The van der Waals surface area contributed by atoms with Crippen molar-refractivity contribution < 1.29 is 4.74 Å². The Hall–Kier alpha value is -1.40. The molecule has 3 nitrogen and oxygen atoms in total. The lowest BCUT2D eigenvalue weighted by atomic mass is 10.2. The second-order valence-electron chi connectivity index (χ2n) is 3.03. The lowest BCUT2D eigenvalue weighted by Crippen LogP contribution is -2.02. The summed E-state index contributed by atoms with van der Waals surface area (Å²) >= 11 is 5.87. The molecule has 0 radical (unpaired) electrons. The van der Waals surface area contributed by atoms with Gasteiger partial charge in [-0.25, -0.2) is 0 Å². The van der Waals surface area contributed by atoms with Gasteiger partial charge < -0.3 is 10.1 Å². The average Bonchev–Trinajstić information content (AvgIpc) is 2.25. The third-order valence-corrected chi connectivity index (χ3v) is 2.18. The number of nitriles is 1. The molecule has 0 aliphatic carbocycles. The van der Waals surface area contributed by atoms with Crippen LogP contribution in [0.3, 0.4) is 0 Å². The summed E-state index contributed by atoms with van der Waals surface area (Å²) in [6, 6.07) is 7.50. The fourth-order valence-corrected chi connectivity index (χ4v) is 1.38. The van der Waals surface area contributed by atoms with Crippen LogP contribution in [0.5, 0.6) is 5.75 Å². The van der Waals surface area contributed by atoms with Gasteiger partial charge in [-0.2, -0.15) is 5.26 Å². The molecule has 15 heavy (non-hydrogen) atoms. The highest BCUT2D eigenvalue weighted by Gasteiger charge is 2.02. The molecule has 0 fully saturated rings. The second kappa shape index (κ2) is 6.15. The molecule has 0 aliphatic heterocycles. The van der Waals surface area contributed by atoms with E-state index in [2.05, 4.69) is 11.4 Å². The van der Waals surface area contributed by atoms with Crippen LogP contribution in [-0.4, -0.2) is 13.7 Å². The van der Waals surface area contributed by atoms with Crippen molar-refractivity contribution in [1.29, 1.82) is 5.26 Å². The van der Waals surface area contributed by atoms with E-state index in [0.29, 0.717) is 11.4 Å². The van der Waals surface area contributed by atoms with Crippen LogP contribution in [0.4, 0.5) is 5.69 Å². The smallest absolute Gasteiger partial charge is 0.142 e. The first-order chi connectivity index (χ1) is 7.27. The van der Waals surface area contributed by atoms with Gasteiger partial charge in [0, 0.05) is 18.0 Å². The number of unbranched alkanes of at least 4 members (excludes halogenated alkanes) is 1. The number of anilines is 1. The van der Waals surface area contributed by atoms with Gasteiger partial charge in [-0.05, 0) is 24.6 Å². The Balaban J connectivity index is 2.58. The van der Waals surface area contributed by atoms with Crippen LogP contribution >= 0.6 is 11.6 Å². The van der Waals surface area contributed by atoms with E-state index in [-0.39, 0.29) is 0 Å². The lowest BCUT2D eigenvalue weighted by Gasteiger charge is -2.10. The Bertz CT molecular complexity index is 360. The molecule has 4 heteroatoms. The molecule has 0 saturated carbocycles. The minimum atomic E-state index is 0.551. The topological polar surface area (TPSA) is 45.0 Å². The summed E-state index contributed by atoms with van der Waals surface area (Å²) in [5, 5.41) is 12.2. The number of hydrogen-bond acceptors (Lipinski definition) is 3. The van der Waals surface area contributed by atoms with Gasteiger partial charge in [0.25, 0.3) is 0 Å². The zero-order valence-electron chi connectivity index (χ0n) is 8.59. The predicted octanol–water partition coefficient (Wildman–Crippen LogP) is 3.06. The number of nitrogens with zero attached hydrogens (tertiary/aromatic N) is 1. The Morgan fingerprint density at radius 1 is 1.53 bits per heavy atom. The highest BCUT2D eigenvalue weighted by Crippen LogP contribution is 2.27. The second-order valence-corrected chi connectivity index (χ2v) is 3.47. The number of benzene rings is 1. The molecule has 1 rings (SSSR count). The van der Waals surface area contributed by atoms with Gasteiger partial charge in [0.1, 0.15) is 5.75 Å². The van der Waals surface area contributed by atoms with E-state index in [4.69, 9.17) is 21.6 Å². The Labute approximate surface area is 94.6 Å². The summed E-state index contributed by atoms with van der Waals surface area (Å²) in [4.78, 5) is 0. The summed E-state index contributed by atoms with van der Waals surface area (Å²) in [5.41, 5.74) is 0.864. The molecule has 0 spiro atoms. The predicted molar refractivity (Wildman–Crippen MR) is 61.3 cm³/mol. The number of halogens is 1. The summed E-state index contributed by atoms with van der Waals surface area (Å²) in [6.45, 7) is 0.740. The van der Waals surface area contributed by atoms with Gasteiger partial charge >= 0.3 is 0 Å². The minimum absolute atomic E-state index is 0.551. The first-order valence-corrected chi connectivity index (χ1v) is 5.10. The molecule has 1 N–H and O–H groups in total. The van der Waals surface area contributed by atoms with E-state index in [1.165, 1.54) is 0 Å². The van der Waals surface area contributed by atoms with Gasteiger partial charge in [0.05, 0.1) is 18.9 Å². The fourth-order valence-electron chi connectivity index (χ4n) is 1.21. The summed E-state index contributed by atoms with van der Waals surface area (Å²) in [5.74, 6) is 0.761. The molecule has 1 aromatic rings. The molecule has 0 unspecified atom stereocenters. The standard InChI is InChI=1S/C11H13ClN2O/c1-15-11-5-4-9(12)8-10(11)14-7-3-2-6-13/h4-5,8,14H,2-3,7H2,1H3. The number of ether oxygens (including phenoxy) is 1. The monoisotopic (exact) mass is 224 g/mol. The molecule has 0 bridgehead atoms. The zero-order valence-corrected chi connectivity index (χ0v) is 9.34. The van der Waals surface area contributed by atoms with E-state index in [0.717, 1.165) is 24.4 Å². The third-order valence-electron chi connectivity index (χ3n) is 1.94. The molecule has 0 amide bonds. The number of nitrogens with one attached hydrogen (secondary N) is 1. The zero-order chi connectivity index (χ0) is 11.1. The SMILES string of the molecule is COc1ccc(Cl)cc1NCCCC#N. The van der Waals surface area contributed by atoms with Gasteiger partial charge in [-0.3, -0.25) is 0 Å². The van der Waals surface area contributed by atoms with Crippen LogP contribution < -0.4 is 10.1 Å². The van der Waals surface area contributed by atoms with Crippen molar-refractivity contribution in [2.24, 2.45) is 0 Å². The maximum absolute atomic E-state index is 8.38. The number of hydrogen-bond donors (Lipinski definition) is 1. The molecule has 0 aliphatic rings. The fraction of sp³-hybridized carbons (Fsp3) is 0.364. The van der Waals surface area contributed by atoms with Gasteiger partial charge in [-0.15, -0.1) is 0 Å². The van der Waals surface area contributed by atoms with Crippen molar-refractivity contribution in [2.45, 2.75) is 12.8 Å². The summed E-state index contributed by atoms with van der Waals surface area (Å²) in [7, 11) is 1.61. The Morgan fingerprint density at radius 2 is 2.33 bits per heavy atom. The van der Waals surface area contributed by atoms with Crippen LogP contribution in [0, 0.1) is 11.3 Å². The molecular weight excluding hydrogens is 212 g/mol. The third kappa shape index (κ3) is 3.69. The van der Waals surface area contributed by atoms with Crippen LogP contribution in [-0.2, 0) is 0 Å². The van der Waals surface area contributed by atoms with Crippen molar-refractivity contribution in [2.75, 3.05) is 19.0 Å². The molecule has 1 aromatic carbocycles. The van der Waals surface area contributed by atoms with E-state index in [1.807, 2.05) is 12.1 Å². The van der Waals surface area contributed by atoms with Gasteiger partial charge in [0.15, 0.2) is 0 Å². The average molecular weight is 225 g/mol. The summed E-state index contributed by atoms with van der Waals surface area (Å²) in [6.07, 6.45) is 1.36. The first-order valence-electron chi connectivity index (χ1n) is 4.72. The highest BCUT2D eigenvalue weighted by atomic mass is 35.5. The molecule has 0 saturated heterocycles. The maximum atomic E-state index is 8.38. The quantitative estimate of drug-likeness (QED) is 0.782. The molecule has 80 valence electrons. The van der Waals surface area contributed by atoms with Crippen LogP contribution in [0.2, 0.25) is 5.02 Å². The van der Waals surface area contributed by atoms with Crippen molar-refractivity contribution in [3.63, 3.8) is 0 Å². The van der Waals surface area contributed by atoms with Crippen molar-refractivity contribution in [3.05, 3.63) is 23.2 Å². The maximum Gasteiger partial charge on any atom is 0.142 e. The van der Waals surface area contributed by atoms with Crippen LogP contribution in [0.1, 0.15) is 12.8 Å². The van der Waals surface area contributed by atoms with Crippen LogP contribution in [0.25, 0.3) is 0 Å². The Morgan fingerprint density at radius 3 is 3.00 bits per heavy atom. The first kappa shape index (κ1) is 11.7. The van der Waals surface area contributed by atoms with Crippen molar-refractivity contribution >= 4 is 17.3 Å². The van der Waals surface area contributed by atoms with E-state index < -0.39 is 0 Å². The molecule has 0 aromatic heterocycles. The molecule has 0 heterocycles. The minimum Gasteiger partial charge on any atom is -0.495 e. The van der Waals surface area contributed by atoms with E-state index in [1.54, 1.807) is 13.2 Å². The molecule has 0 atom stereocenters. The Kier molecular flexibility index (Phi) is 4.79. The van der Waals surface area contributed by atoms with E-state index >= 15 is 0 Å². The van der Waals surface area contributed by atoms with Gasteiger partial charge in [-0.1, -0.05) is 11.6 Å². The lowest BCUT2D eigenvalue weighted by molar-refractivity contribution is 0.416. The number of methoxy groups -OCH3 is 1. The highest BCUT2D eigenvalue weighted by molar-refractivity contribution is 6.30. The normalized spacial score (nSPS) is 9.40. The largest absolute Gasteiger partial charge is 0.495 e. The van der Waals surface area contributed by atoms with Gasteiger partial charge in [0.2, 0.25) is 0 Å².